The lowest BCUT2D eigenvalue weighted by atomic mass is 10.1. The molecule has 26 heavy (non-hydrogen) atoms. The van der Waals surface area contributed by atoms with Gasteiger partial charge in [0.2, 0.25) is 17.7 Å². The number of carbonyl (C=O) groups is 2. The summed E-state index contributed by atoms with van der Waals surface area (Å²) >= 11 is 0. The third kappa shape index (κ3) is 3.95. The average Bonchev–Trinajstić information content (AvgIpc) is 3.02. The quantitative estimate of drug-likeness (QED) is 0.845. The van der Waals surface area contributed by atoms with Crippen molar-refractivity contribution < 1.29 is 14.0 Å². The molecule has 1 aliphatic rings. The highest BCUT2D eigenvalue weighted by Gasteiger charge is 2.24. The highest BCUT2D eigenvalue weighted by molar-refractivity contribution is 5.79. The van der Waals surface area contributed by atoms with Crippen LogP contribution in [-0.2, 0) is 22.4 Å². The molecule has 0 atom stereocenters. The van der Waals surface area contributed by atoms with Gasteiger partial charge in [0.1, 0.15) is 5.76 Å². The van der Waals surface area contributed by atoms with E-state index in [2.05, 4.69) is 24.0 Å². The molecule has 0 aliphatic carbocycles. The van der Waals surface area contributed by atoms with Gasteiger partial charge in [-0.3, -0.25) is 9.59 Å². The first-order valence-corrected chi connectivity index (χ1v) is 9.06. The van der Waals surface area contributed by atoms with E-state index < -0.39 is 0 Å². The van der Waals surface area contributed by atoms with Crippen LogP contribution in [-0.4, -0.2) is 52.8 Å². The van der Waals surface area contributed by atoms with E-state index in [-0.39, 0.29) is 18.2 Å². The van der Waals surface area contributed by atoms with Crippen LogP contribution in [0.4, 0.5) is 0 Å². The summed E-state index contributed by atoms with van der Waals surface area (Å²) in [5.41, 5.74) is 2.86. The summed E-state index contributed by atoms with van der Waals surface area (Å²) in [4.78, 5) is 32.1. The molecule has 0 saturated carbocycles. The molecule has 3 rings (SSSR count). The van der Waals surface area contributed by atoms with Crippen LogP contribution in [0.1, 0.15) is 30.9 Å². The second kappa shape index (κ2) is 7.72. The van der Waals surface area contributed by atoms with Crippen molar-refractivity contribution in [1.82, 2.24) is 14.8 Å². The number of benzene rings is 1. The van der Waals surface area contributed by atoms with E-state index in [9.17, 15) is 9.59 Å². The maximum atomic E-state index is 12.6. The molecular weight excluding hydrogens is 330 g/mol. The van der Waals surface area contributed by atoms with Crippen LogP contribution in [0.15, 0.2) is 28.7 Å². The summed E-state index contributed by atoms with van der Waals surface area (Å²) < 4.78 is 5.78. The van der Waals surface area contributed by atoms with Crippen LogP contribution in [0, 0.1) is 6.92 Å². The van der Waals surface area contributed by atoms with E-state index in [0.29, 0.717) is 43.5 Å². The summed E-state index contributed by atoms with van der Waals surface area (Å²) in [6.45, 7) is 7.84. The van der Waals surface area contributed by atoms with E-state index in [1.807, 2.05) is 19.1 Å². The van der Waals surface area contributed by atoms with Crippen molar-refractivity contribution >= 4 is 11.8 Å². The molecule has 0 bridgehead atoms. The Kier molecular flexibility index (Phi) is 5.40. The maximum Gasteiger partial charge on any atom is 0.228 e. The molecule has 1 fully saturated rings. The fourth-order valence-corrected chi connectivity index (χ4v) is 3.12. The average molecular weight is 355 g/mol. The van der Waals surface area contributed by atoms with Gasteiger partial charge in [-0.1, -0.05) is 19.1 Å². The van der Waals surface area contributed by atoms with Crippen LogP contribution in [0.5, 0.6) is 0 Å². The van der Waals surface area contributed by atoms with Crippen molar-refractivity contribution in [1.29, 1.82) is 0 Å². The van der Waals surface area contributed by atoms with Gasteiger partial charge in [0.15, 0.2) is 0 Å². The van der Waals surface area contributed by atoms with Gasteiger partial charge < -0.3 is 14.2 Å². The van der Waals surface area contributed by atoms with Crippen LogP contribution < -0.4 is 0 Å². The van der Waals surface area contributed by atoms with Gasteiger partial charge >= 0.3 is 0 Å². The minimum Gasteiger partial charge on any atom is -0.441 e. The van der Waals surface area contributed by atoms with Crippen molar-refractivity contribution in [3.05, 3.63) is 41.3 Å². The standard InChI is InChI=1S/C20H25N3O3/c1-4-16-5-7-17(8-6-16)20-21-18(14(2)26-20)13-19(25)23-11-9-22(10-12-23)15(3)24/h5-8H,4,9-13H2,1-3H3. The zero-order chi connectivity index (χ0) is 18.7. The lowest BCUT2D eigenvalue weighted by molar-refractivity contribution is -0.138. The van der Waals surface area contributed by atoms with Crippen LogP contribution in [0.2, 0.25) is 0 Å². The molecule has 0 spiro atoms. The number of nitrogens with zero attached hydrogens (tertiary/aromatic N) is 3. The maximum absolute atomic E-state index is 12.6. The van der Waals surface area contributed by atoms with E-state index in [1.165, 1.54) is 5.56 Å². The predicted octanol–water partition coefficient (Wildman–Crippen LogP) is 2.45. The van der Waals surface area contributed by atoms with Crippen molar-refractivity contribution in [2.75, 3.05) is 26.2 Å². The van der Waals surface area contributed by atoms with Crippen molar-refractivity contribution in [3.8, 4) is 11.5 Å². The highest BCUT2D eigenvalue weighted by atomic mass is 16.4. The summed E-state index contributed by atoms with van der Waals surface area (Å²) in [6.07, 6.45) is 1.21. The lowest BCUT2D eigenvalue weighted by Crippen LogP contribution is -2.50. The number of carbonyl (C=O) groups excluding carboxylic acids is 2. The minimum atomic E-state index is 0.0254. The van der Waals surface area contributed by atoms with Crippen LogP contribution in [0.25, 0.3) is 11.5 Å². The molecule has 1 aromatic carbocycles. The van der Waals surface area contributed by atoms with Gasteiger partial charge in [-0.05, 0) is 31.0 Å². The van der Waals surface area contributed by atoms with Gasteiger partial charge in [0.05, 0.1) is 12.1 Å². The highest BCUT2D eigenvalue weighted by Crippen LogP contribution is 2.23. The fraction of sp³-hybridized carbons (Fsp3) is 0.450. The first-order valence-electron chi connectivity index (χ1n) is 9.06. The van der Waals surface area contributed by atoms with E-state index in [1.54, 1.807) is 16.7 Å². The SMILES string of the molecule is CCc1ccc(-c2nc(CC(=O)N3CCN(C(C)=O)CC3)c(C)o2)cc1. The van der Waals surface area contributed by atoms with Crippen molar-refractivity contribution in [2.45, 2.75) is 33.6 Å². The number of hydrogen-bond donors (Lipinski definition) is 0. The van der Waals surface area contributed by atoms with Gasteiger partial charge in [0, 0.05) is 38.7 Å². The van der Waals surface area contributed by atoms with E-state index >= 15 is 0 Å². The second-order valence-electron chi connectivity index (χ2n) is 6.64. The van der Waals surface area contributed by atoms with Crippen LogP contribution in [0.3, 0.4) is 0 Å². The number of piperazine rings is 1. The second-order valence-corrected chi connectivity index (χ2v) is 6.64. The Morgan fingerprint density at radius 2 is 1.69 bits per heavy atom. The summed E-state index contributed by atoms with van der Waals surface area (Å²) in [7, 11) is 0. The number of aryl methyl sites for hydroxylation is 2. The number of hydrogen-bond acceptors (Lipinski definition) is 4. The monoisotopic (exact) mass is 355 g/mol. The number of aromatic nitrogens is 1. The zero-order valence-corrected chi connectivity index (χ0v) is 15.6. The lowest BCUT2D eigenvalue weighted by Gasteiger charge is -2.34. The largest absolute Gasteiger partial charge is 0.441 e. The summed E-state index contributed by atoms with van der Waals surface area (Å²) in [5, 5.41) is 0. The van der Waals surface area contributed by atoms with Crippen molar-refractivity contribution in [3.63, 3.8) is 0 Å². The van der Waals surface area contributed by atoms with E-state index in [4.69, 9.17) is 4.42 Å². The summed E-state index contributed by atoms with van der Waals surface area (Å²) in [6, 6.07) is 8.12. The Hall–Kier alpha value is -2.63. The Labute approximate surface area is 153 Å². The Balaban J connectivity index is 1.66. The van der Waals surface area contributed by atoms with Gasteiger partial charge in [-0.25, -0.2) is 4.98 Å². The first kappa shape index (κ1) is 18.2. The molecule has 138 valence electrons. The first-order chi connectivity index (χ1) is 12.5. The molecule has 6 nitrogen and oxygen atoms in total. The Morgan fingerprint density at radius 3 is 2.27 bits per heavy atom. The van der Waals surface area contributed by atoms with Crippen molar-refractivity contribution in [2.24, 2.45) is 0 Å². The topological polar surface area (TPSA) is 66.7 Å². The minimum absolute atomic E-state index is 0.0254. The molecular formula is C20H25N3O3. The normalized spacial score (nSPS) is 14.6. The number of rotatable bonds is 4. The third-order valence-corrected chi connectivity index (χ3v) is 4.90. The Morgan fingerprint density at radius 1 is 1.08 bits per heavy atom. The van der Waals surface area contributed by atoms with E-state index in [0.717, 1.165) is 12.0 Å². The molecule has 2 heterocycles. The predicted molar refractivity (Wildman–Crippen MR) is 98.6 cm³/mol. The molecule has 1 aromatic heterocycles. The molecule has 1 aliphatic heterocycles. The van der Waals surface area contributed by atoms with Gasteiger partial charge in [0.25, 0.3) is 0 Å². The van der Waals surface area contributed by atoms with Crippen LogP contribution >= 0.6 is 0 Å². The molecule has 2 aromatic rings. The number of amides is 2. The fourth-order valence-electron chi connectivity index (χ4n) is 3.12. The third-order valence-electron chi connectivity index (χ3n) is 4.90. The molecule has 0 unspecified atom stereocenters. The smallest absolute Gasteiger partial charge is 0.228 e. The molecule has 0 N–H and O–H groups in total. The summed E-state index contributed by atoms with van der Waals surface area (Å²) in [5.74, 6) is 1.31. The Bertz CT molecular complexity index is 787. The number of oxazole rings is 1. The molecule has 1 saturated heterocycles. The van der Waals surface area contributed by atoms with Gasteiger partial charge in [-0.2, -0.15) is 0 Å². The zero-order valence-electron chi connectivity index (χ0n) is 15.6. The molecule has 6 heteroatoms. The molecule has 0 radical (unpaired) electrons. The molecule has 2 amide bonds. The van der Waals surface area contributed by atoms with Gasteiger partial charge in [-0.15, -0.1) is 0 Å².